The molecule has 15 heavy (non-hydrogen) atoms. The molecule has 0 aromatic rings. The number of hydrogen-bond acceptors (Lipinski definition) is 3. The second kappa shape index (κ2) is 6.46. The Balaban J connectivity index is 2.45. The van der Waals surface area contributed by atoms with Crippen LogP contribution in [0, 0.1) is 11.8 Å². The normalized spacial score (nSPS) is 32.2. The minimum Gasteiger partial charge on any atom is -0.395 e. The lowest BCUT2D eigenvalue weighted by Gasteiger charge is -2.38. The molecule has 1 aliphatic rings. The number of rotatable bonds is 5. The Labute approximate surface area is 93.1 Å². The number of aliphatic hydroxyl groups excluding tert-OH is 2. The van der Waals surface area contributed by atoms with Crippen LogP contribution >= 0.6 is 0 Å². The predicted molar refractivity (Wildman–Crippen MR) is 61.7 cm³/mol. The van der Waals surface area contributed by atoms with E-state index in [1.165, 1.54) is 19.3 Å². The molecular formula is C12H25NO2. The van der Waals surface area contributed by atoms with Crippen LogP contribution in [-0.2, 0) is 0 Å². The Morgan fingerprint density at radius 3 is 2.07 bits per heavy atom. The molecule has 1 saturated carbocycles. The molecule has 3 unspecified atom stereocenters. The fourth-order valence-corrected chi connectivity index (χ4v) is 2.58. The van der Waals surface area contributed by atoms with Crippen molar-refractivity contribution in [3.63, 3.8) is 0 Å². The molecule has 0 heterocycles. The Kier molecular flexibility index (Phi) is 5.58. The SMILES string of the molecule is CC1CCC(N(CCO)CCO)CC1C. The number of nitrogens with zero attached hydrogens (tertiary/aromatic N) is 1. The van der Waals surface area contributed by atoms with Crippen molar-refractivity contribution >= 4 is 0 Å². The lowest BCUT2D eigenvalue weighted by molar-refractivity contribution is 0.0744. The third-order valence-electron chi connectivity index (χ3n) is 3.86. The van der Waals surface area contributed by atoms with Gasteiger partial charge in [0, 0.05) is 19.1 Å². The maximum atomic E-state index is 8.99. The van der Waals surface area contributed by atoms with Gasteiger partial charge in [-0.15, -0.1) is 0 Å². The highest BCUT2D eigenvalue weighted by Gasteiger charge is 2.27. The van der Waals surface area contributed by atoms with Gasteiger partial charge in [-0.25, -0.2) is 0 Å². The van der Waals surface area contributed by atoms with Gasteiger partial charge in [0.25, 0.3) is 0 Å². The molecule has 0 amide bonds. The van der Waals surface area contributed by atoms with Crippen molar-refractivity contribution in [2.24, 2.45) is 11.8 Å². The predicted octanol–water partition coefficient (Wildman–Crippen LogP) is 1.10. The molecule has 0 saturated heterocycles. The van der Waals surface area contributed by atoms with Gasteiger partial charge in [0.1, 0.15) is 0 Å². The van der Waals surface area contributed by atoms with Crippen LogP contribution in [0.3, 0.4) is 0 Å². The molecule has 1 aliphatic carbocycles. The van der Waals surface area contributed by atoms with Crippen LogP contribution in [0.4, 0.5) is 0 Å². The fraction of sp³-hybridized carbons (Fsp3) is 1.00. The van der Waals surface area contributed by atoms with Crippen molar-refractivity contribution in [1.29, 1.82) is 0 Å². The second-order valence-electron chi connectivity index (χ2n) is 4.90. The van der Waals surface area contributed by atoms with E-state index in [4.69, 9.17) is 10.2 Å². The summed E-state index contributed by atoms with van der Waals surface area (Å²) in [4.78, 5) is 2.24. The van der Waals surface area contributed by atoms with Crippen LogP contribution in [0.25, 0.3) is 0 Å². The van der Waals surface area contributed by atoms with Crippen molar-refractivity contribution in [2.45, 2.75) is 39.2 Å². The maximum Gasteiger partial charge on any atom is 0.0558 e. The molecule has 0 spiro atoms. The van der Waals surface area contributed by atoms with Crippen molar-refractivity contribution in [2.75, 3.05) is 26.3 Å². The van der Waals surface area contributed by atoms with E-state index >= 15 is 0 Å². The first-order valence-corrected chi connectivity index (χ1v) is 6.14. The molecule has 90 valence electrons. The van der Waals surface area contributed by atoms with Crippen LogP contribution in [0.5, 0.6) is 0 Å². The molecule has 3 nitrogen and oxygen atoms in total. The van der Waals surface area contributed by atoms with Gasteiger partial charge >= 0.3 is 0 Å². The van der Waals surface area contributed by atoms with Gasteiger partial charge in [0.05, 0.1) is 13.2 Å². The van der Waals surface area contributed by atoms with E-state index < -0.39 is 0 Å². The van der Waals surface area contributed by atoms with E-state index in [-0.39, 0.29) is 13.2 Å². The van der Waals surface area contributed by atoms with E-state index in [9.17, 15) is 0 Å². The average Bonchev–Trinajstić information content (AvgIpc) is 2.22. The van der Waals surface area contributed by atoms with E-state index in [1.54, 1.807) is 0 Å². The Morgan fingerprint density at radius 2 is 1.60 bits per heavy atom. The largest absolute Gasteiger partial charge is 0.395 e. The maximum absolute atomic E-state index is 8.99. The minimum atomic E-state index is 0.195. The summed E-state index contributed by atoms with van der Waals surface area (Å²) in [5, 5.41) is 18.0. The summed E-state index contributed by atoms with van der Waals surface area (Å²) < 4.78 is 0. The van der Waals surface area contributed by atoms with E-state index in [2.05, 4.69) is 18.7 Å². The summed E-state index contributed by atoms with van der Waals surface area (Å²) in [6.07, 6.45) is 3.70. The first-order valence-electron chi connectivity index (χ1n) is 6.14. The van der Waals surface area contributed by atoms with Crippen molar-refractivity contribution in [3.8, 4) is 0 Å². The standard InChI is InChI=1S/C12H25NO2/c1-10-3-4-12(9-11(10)2)13(5-7-14)6-8-15/h10-12,14-15H,3-9H2,1-2H3. The van der Waals surface area contributed by atoms with Crippen LogP contribution in [0.2, 0.25) is 0 Å². The smallest absolute Gasteiger partial charge is 0.0558 e. The molecule has 0 aromatic carbocycles. The summed E-state index contributed by atoms with van der Waals surface area (Å²) in [5.74, 6) is 1.59. The number of hydrogen-bond donors (Lipinski definition) is 2. The molecule has 1 rings (SSSR count). The molecule has 2 N–H and O–H groups in total. The molecule has 0 aliphatic heterocycles. The summed E-state index contributed by atoms with van der Waals surface area (Å²) in [7, 11) is 0. The lowest BCUT2D eigenvalue weighted by atomic mass is 9.78. The first kappa shape index (κ1) is 12.9. The second-order valence-corrected chi connectivity index (χ2v) is 4.90. The summed E-state index contributed by atoms with van der Waals surface area (Å²) >= 11 is 0. The molecular weight excluding hydrogens is 190 g/mol. The molecule has 1 fully saturated rings. The summed E-state index contributed by atoms with van der Waals surface area (Å²) in [6.45, 7) is 6.43. The Bertz CT molecular complexity index is 169. The third kappa shape index (κ3) is 3.74. The van der Waals surface area contributed by atoms with Crippen LogP contribution in [0.1, 0.15) is 33.1 Å². The fourth-order valence-electron chi connectivity index (χ4n) is 2.58. The van der Waals surface area contributed by atoms with E-state index in [0.717, 1.165) is 11.8 Å². The van der Waals surface area contributed by atoms with Crippen molar-refractivity contribution in [1.82, 2.24) is 4.90 Å². The van der Waals surface area contributed by atoms with Crippen LogP contribution in [0.15, 0.2) is 0 Å². The van der Waals surface area contributed by atoms with Gasteiger partial charge in [0.15, 0.2) is 0 Å². The molecule has 0 radical (unpaired) electrons. The first-order chi connectivity index (χ1) is 7.19. The molecule has 0 bridgehead atoms. The third-order valence-corrected chi connectivity index (χ3v) is 3.86. The highest BCUT2D eigenvalue weighted by atomic mass is 16.3. The Morgan fingerprint density at radius 1 is 1.00 bits per heavy atom. The van der Waals surface area contributed by atoms with Gasteiger partial charge in [0.2, 0.25) is 0 Å². The highest BCUT2D eigenvalue weighted by molar-refractivity contribution is 4.81. The molecule has 3 atom stereocenters. The van der Waals surface area contributed by atoms with Crippen molar-refractivity contribution < 1.29 is 10.2 Å². The topological polar surface area (TPSA) is 43.7 Å². The zero-order chi connectivity index (χ0) is 11.3. The van der Waals surface area contributed by atoms with Gasteiger partial charge in [-0.05, 0) is 31.1 Å². The highest BCUT2D eigenvalue weighted by Crippen LogP contribution is 2.31. The zero-order valence-corrected chi connectivity index (χ0v) is 10.0. The zero-order valence-electron chi connectivity index (χ0n) is 10.0. The lowest BCUT2D eigenvalue weighted by Crippen LogP contribution is -2.43. The quantitative estimate of drug-likeness (QED) is 0.722. The Hall–Kier alpha value is -0.120. The van der Waals surface area contributed by atoms with Crippen LogP contribution in [-0.4, -0.2) is 47.5 Å². The summed E-state index contributed by atoms with van der Waals surface area (Å²) in [5.41, 5.74) is 0. The monoisotopic (exact) mass is 215 g/mol. The van der Waals surface area contributed by atoms with Gasteiger partial charge in [-0.1, -0.05) is 13.8 Å². The average molecular weight is 215 g/mol. The van der Waals surface area contributed by atoms with Gasteiger partial charge < -0.3 is 10.2 Å². The summed E-state index contributed by atoms with van der Waals surface area (Å²) in [6, 6.07) is 0.565. The van der Waals surface area contributed by atoms with Gasteiger partial charge in [-0.2, -0.15) is 0 Å². The van der Waals surface area contributed by atoms with E-state index in [1.807, 2.05) is 0 Å². The molecule has 3 heteroatoms. The minimum absolute atomic E-state index is 0.195. The van der Waals surface area contributed by atoms with Crippen molar-refractivity contribution in [3.05, 3.63) is 0 Å². The van der Waals surface area contributed by atoms with Gasteiger partial charge in [-0.3, -0.25) is 4.90 Å². The molecule has 0 aromatic heterocycles. The van der Waals surface area contributed by atoms with E-state index in [0.29, 0.717) is 19.1 Å². The number of aliphatic hydroxyl groups is 2. The van der Waals surface area contributed by atoms with Crippen LogP contribution < -0.4 is 0 Å².